The van der Waals surface area contributed by atoms with Gasteiger partial charge in [-0.15, -0.1) is 0 Å². The van der Waals surface area contributed by atoms with Gasteiger partial charge in [0.25, 0.3) is 11.1 Å². The number of esters is 1. The molecule has 2 N–H and O–H groups in total. The Morgan fingerprint density at radius 1 is 0.857 bits per heavy atom. The number of thiocarbonyl (C=S) groups is 1. The minimum Gasteiger partial charge on any atom is -0.414 e. The summed E-state index contributed by atoms with van der Waals surface area (Å²) in [6, 6.07) is 16.0. The summed E-state index contributed by atoms with van der Waals surface area (Å²) in [5.41, 5.74) is 1.23. The molecule has 0 fully saturated rings. The largest absolute Gasteiger partial charge is 0.414 e. The second-order valence-corrected chi connectivity index (χ2v) is 6.31. The van der Waals surface area contributed by atoms with Gasteiger partial charge >= 0.3 is 5.97 Å². The van der Waals surface area contributed by atoms with Crippen molar-refractivity contribution in [1.82, 2.24) is 9.97 Å². The molecule has 3 aromatic rings. The molecule has 0 aliphatic heterocycles. The van der Waals surface area contributed by atoms with Crippen molar-refractivity contribution in [2.24, 2.45) is 0 Å². The lowest BCUT2D eigenvalue weighted by atomic mass is 10.1. The van der Waals surface area contributed by atoms with Gasteiger partial charge in [0.05, 0.1) is 0 Å². The van der Waals surface area contributed by atoms with Crippen LogP contribution >= 0.6 is 12.2 Å². The van der Waals surface area contributed by atoms with Gasteiger partial charge in [-0.25, -0.2) is 0 Å². The van der Waals surface area contributed by atoms with Crippen LogP contribution in [0.2, 0.25) is 0 Å². The highest BCUT2D eigenvalue weighted by molar-refractivity contribution is 7.80. The maximum absolute atomic E-state index is 12.3. The van der Waals surface area contributed by atoms with E-state index in [1.807, 2.05) is 30.3 Å². The Kier molecular flexibility index (Phi) is 5.76. The first kappa shape index (κ1) is 19.2. The highest BCUT2D eigenvalue weighted by Gasteiger charge is 2.05. The van der Waals surface area contributed by atoms with Gasteiger partial charge in [-0.1, -0.05) is 42.5 Å². The third kappa shape index (κ3) is 4.77. The summed E-state index contributed by atoms with van der Waals surface area (Å²) in [6.45, 7) is 1.27. The first-order chi connectivity index (χ1) is 13.4. The lowest BCUT2D eigenvalue weighted by Gasteiger charge is -2.03. The Morgan fingerprint density at radius 3 is 1.86 bits per heavy atom. The van der Waals surface area contributed by atoms with Crippen LogP contribution in [0, 0.1) is 0 Å². The van der Waals surface area contributed by atoms with Crippen molar-refractivity contribution in [2.45, 2.75) is 6.92 Å². The molecule has 0 unspecified atom stereocenters. The fraction of sp³-hybridized carbons (Fsp3) is 0.0476. The standard InChI is InChI=1S/C21H16N2O4S/c1-13(24)27-21(28)16-9-7-15(8-10-16)12-18-20(26)22-17(19(25)23-18)11-14-5-3-2-4-6-14/h2-12H,1H3,(H,22,26)(H,23,25)/b17-11-,18-12-. The number of rotatable bonds is 3. The molecule has 0 spiro atoms. The van der Waals surface area contributed by atoms with E-state index in [0.717, 1.165) is 5.56 Å². The second kappa shape index (κ2) is 8.41. The lowest BCUT2D eigenvalue weighted by molar-refractivity contribution is -0.132. The van der Waals surface area contributed by atoms with Gasteiger partial charge in [-0.2, -0.15) is 0 Å². The van der Waals surface area contributed by atoms with Crippen LogP contribution in [0.4, 0.5) is 0 Å². The molecule has 0 atom stereocenters. The molecule has 0 saturated heterocycles. The predicted octanol–water partition coefficient (Wildman–Crippen LogP) is 0.959. The number of nitrogens with one attached hydrogen (secondary N) is 2. The molecular weight excluding hydrogens is 376 g/mol. The van der Waals surface area contributed by atoms with E-state index in [2.05, 4.69) is 9.97 Å². The zero-order chi connectivity index (χ0) is 20.1. The van der Waals surface area contributed by atoms with Gasteiger partial charge in [0.2, 0.25) is 5.05 Å². The highest BCUT2D eigenvalue weighted by atomic mass is 32.1. The van der Waals surface area contributed by atoms with E-state index < -0.39 is 17.1 Å². The Morgan fingerprint density at radius 2 is 1.36 bits per heavy atom. The molecule has 7 heteroatoms. The molecule has 0 aliphatic carbocycles. The van der Waals surface area contributed by atoms with Gasteiger partial charge in [0.15, 0.2) is 0 Å². The fourth-order valence-electron chi connectivity index (χ4n) is 2.48. The summed E-state index contributed by atoms with van der Waals surface area (Å²) in [7, 11) is 0. The van der Waals surface area contributed by atoms with E-state index in [0.29, 0.717) is 11.1 Å². The van der Waals surface area contributed by atoms with Crippen LogP contribution in [0.1, 0.15) is 23.6 Å². The normalized spacial score (nSPS) is 12.0. The number of aromatic nitrogens is 2. The van der Waals surface area contributed by atoms with Crippen LogP contribution in [-0.2, 0) is 9.53 Å². The number of aromatic amines is 2. The lowest BCUT2D eigenvalue weighted by Crippen LogP contribution is -2.46. The minimum absolute atomic E-state index is 0.0751. The Bertz CT molecular complexity index is 1260. The van der Waals surface area contributed by atoms with Crippen LogP contribution in [0.25, 0.3) is 12.2 Å². The second-order valence-electron chi connectivity index (χ2n) is 5.94. The zero-order valence-electron chi connectivity index (χ0n) is 14.9. The molecule has 0 radical (unpaired) electrons. The molecule has 2 aromatic carbocycles. The van der Waals surface area contributed by atoms with E-state index in [1.165, 1.54) is 6.92 Å². The number of ether oxygens (including phenoxy) is 1. The van der Waals surface area contributed by atoms with E-state index in [-0.39, 0.29) is 15.7 Å². The van der Waals surface area contributed by atoms with E-state index in [4.69, 9.17) is 17.0 Å². The monoisotopic (exact) mass is 392 g/mol. The van der Waals surface area contributed by atoms with Gasteiger partial charge in [-0.3, -0.25) is 14.4 Å². The van der Waals surface area contributed by atoms with Crippen LogP contribution in [0.5, 0.6) is 0 Å². The smallest absolute Gasteiger partial charge is 0.308 e. The van der Waals surface area contributed by atoms with Crippen molar-refractivity contribution in [3.63, 3.8) is 0 Å². The fourth-order valence-corrected chi connectivity index (χ4v) is 2.74. The maximum Gasteiger partial charge on any atom is 0.308 e. The zero-order valence-corrected chi connectivity index (χ0v) is 15.7. The van der Waals surface area contributed by atoms with Crippen LogP contribution in [0.3, 0.4) is 0 Å². The van der Waals surface area contributed by atoms with Gasteiger partial charge in [0, 0.05) is 12.5 Å². The number of benzene rings is 2. The van der Waals surface area contributed by atoms with E-state index >= 15 is 0 Å². The summed E-state index contributed by atoms with van der Waals surface area (Å²) < 4.78 is 4.87. The molecule has 0 bridgehead atoms. The molecule has 140 valence electrons. The van der Waals surface area contributed by atoms with Crippen molar-refractivity contribution in [3.05, 3.63) is 103 Å². The molecule has 28 heavy (non-hydrogen) atoms. The molecule has 1 heterocycles. The third-order valence-electron chi connectivity index (χ3n) is 3.79. The molecule has 0 aliphatic rings. The van der Waals surface area contributed by atoms with Crippen molar-refractivity contribution < 1.29 is 9.53 Å². The van der Waals surface area contributed by atoms with Crippen LogP contribution in [-0.4, -0.2) is 21.0 Å². The summed E-state index contributed by atoms with van der Waals surface area (Å²) in [5, 5.41) is 0.382. The van der Waals surface area contributed by atoms with Crippen LogP contribution in [0.15, 0.2) is 64.2 Å². The van der Waals surface area contributed by atoms with Crippen molar-refractivity contribution >= 4 is 35.4 Å². The number of hydrogen-bond donors (Lipinski definition) is 2. The average molecular weight is 392 g/mol. The molecule has 0 amide bonds. The molecule has 1 aromatic heterocycles. The number of hydrogen-bond acceptors (Lipinski definition) is 5. The highest BCUT2D eigenvalue weighted by Crippen LogP contribution is 2.07. The number of carbonyl (C=O) groups is 1. The third-order valence-corrected chi connectivity index (χ3v) is 4.11. The summed E-state index contributed by atoms with van der Waals surface area (Å²) in [6.07, 6.45) is 3.15. The van der Waals surface area contributed by atoms with E-state index in [9.17, 15) is 14.4 Å². The Balaban J connectivity index is 1.95. The van der Waals surface area contributed by atoms with Gasteiger partial charge in [0.1, 0.15) is 10.7 Å². The predicted molar refractivity (Wildman–Crippen MR) is 110 cm³/mol. The maximum atomic E-state index is 12.3. The Labute approximate surface area is 164 Å². The summed E-state index contributed by atoms with van der Waals surface area (Å²) in [4.78, 5) is 40.8. The number of H-pyrrole nitrogens is 2. The first-order valence-electron chi connectivity index (χ1n) is 8.36. The summed E-state index contributed by atoms with van der Waals surface area (Å²) >= 11 is 5.02. The first-order valence-corrected chi connectivity index (χ1v) is 8.77. The summed E-state index contributed by atoms with van der Waals surface area (Å²) in [5.74, 6) is -0.489. The molecule has 0 saturated carbocycles. The minimum atomic E-state index is -0.489. The SMILES string of the molecule is CC(=O)OC(=S)c1ccc(/C=c2\[nH]c(=O)/c(=C/c3ccccc3)[nH]c2=O)cc1. The van der Waals surface area contributed by atoms with Crippen LogP contribution < -0.4 is 21.8 Å². The van der Waals surface area contributed by atoms with Gasteiger partial charge < -0.3 is 14.7 Å². The molecule has 3 rings (SSSR count). The topological polar surface area (TPSA) is 92.0 Å². The Hall–Kier alpha value is -3.58. The number of carbonyl (C=O) groups excluding carboxylic acids is 1. The van der Waals surface area contributed by atoms with Crippen molar-refractivity contribution in [1.29, 1.82) is 0 Å². The quantitative estimate of drug-likeness (QED) is 0.512. The molecular formula is C21H16N2O4S. The van der Waals surface area contributed by atoms with Crippen molar-refractivity contribution in [2.75, 3.05) is 0 Å². The average Bonchev–Trinajstić information content (AvgIpc) is 2.66. The van der Waals surface area contributed by atoms with Gasteiger partial charge in [-0.05, 0) is 47.6 Å². The van der Waals surface area contributed by atoms with E-state index in [1.54, 1.807) is 36.4 Å². The van der Waals surface area contributed by atoms with Crippen molar-refractivity contribution in [3.8, 4) is 0 Å². The molecule has 6 nitrogen and oxygen atoms in total.